The van der Waals surface area contributed by atoms with E-state index in [9.17, 15) is 14.4 Å². The maximum absolute atomic E-state index is 11.8. The van der Waals surface area contributed by atoms with Gasteiger partial charge in [-0.05, 0) is 19.3 Å². The normalized spacial score (nSPS) is 29.6. The van der Waals surface area contributed by atoms with Crippen LogP contribution < -0.4 is 16.0 Å². The standard InChI is InChI=1S/C13H21N3O4/c17-11-6-5-8(15-11)7-14-13(20)16-10-4-2-1-3-9(10)12(18)19/h8-10H,1-7H2,(H,15,17)(H,18,19)(H2,14,16,20). The second kappa shape index (κ2) is 6.58. The van der Waals surface area contributed by atoms with Crippen LogP contribution in [0, 0.1) is 5.92 Å². The van der Waals surface area contributed by atoms with E-state index in [2.05, 4.69) is 16.0 Å². The Morgan fingerprint density at radius 2 is 2.00 bits per heavy atom. The third-order valence-electron chi connectivity index (χ3n) is 3.99. The molecule has 3 unspecified atom stereocenters. The molecular formula is C13H21N3O4. The van der Waals surface area contributed by atoms with Crippen molar-refractivity contribution in [2.24, 2.45) is 5.92 Å². The molecule has 0 radical (unpaired) electrons. The first-order chi connectivity index (χ1) is 9.56. The minimum atomic E-state index is -0.849. The van der Waals surface area contributed by atoms with Crippen LogP contribution in [0.3, 0.4) is 0 Å². The number of aliphatic carboxylic acids is 1. The van der Waals surface area contributed by atoms with Crippen LogP contribution in [0.2, 0.25) is 0 Å². The summed E-state index contributed by atoms with van der Waals surface area (Å²) in [5.74, 6) is -1.34. The first-order valence-electron chi connectivity index (χ1n) is 7.13. The largest absolute Gasteiger partial charge is 0.481 e. The smallest absolute Gasteiger partial charge is 0.315 e. The van der Waals surface area contributed by atoms with Gasteiger partial charge in [0.05, 0.1) is 5.92 Å². The van der Waals surface area contributed by atoms with Crippen LogP contribution in [0.1, 0.15) is 38.5 Å². The van der Waals surface area contributed by atoms with Gasteiger partial charge < -0.3 is 21.1 Å². The highest BCUT2D eigenvalue weighted by Crippen LogP contribution is 2.24. The van der Waals surface area contributed by atoms with Gasteiger partial charge in [0, 0.05) is 25.0 Å². The zero-order valence-corrected chi connectivity index (χ0v) is 11.4. The van der Waals surface area contributed by atoms with Gasteiger partial charge in [0.2, 0.25) is 5.91 Å². The maximum atomic E-state index is 11.8. The van der Waals surface area contributed by atoms with Crippen LogP contribution in [0.15, 0.2) is 0 Å². The van der Waals surface area contributed by atoms with Crippen LogP contribution in [0.4, 0.5) is 4.79 Å². The summed E-state index contributed by atoms with van der Waals surface area (Å²) in [4.78, 5) is 33.9. The number of hydrogen-bond donors (Lipinski definition) is 4. The van der Waals surface area contributed by atoms with Gasteiger partial charge in [0.15, 0.2) is 0 Å². The molecule has 20 heavy (non-hydrogen) atoms. The molecule has 2 aliphatic rings. The zero-order valence-electron chi connectivity index (χ0n) is 11.4. The summed E-state index contributed by atoms with van der Waals surface area (Å²) in [6.45, 7) is 0.377. The van der Waals surface area contributed by atoms with Crippen molar-refractivity contribution in [2.45, 2.75) is 50.6 Å². The van der Waals surface area contributed by atoms with Crippen molar-refractivity contribution in [1.29, 1.82) is 0 Å². The highest BCUT2D eigenvalue weighted by Gasteiger charge is 2.32. The Morgan fingerprint density at radius 1 is 1.25 bits per heavy atom. The lowest BCUT2D eigenvalue weighted by Crippen LogP contribution is -2.50. The lowest BCUT2D eigenvalue weighted by atomic mass is 9.84. The van der Waals surface area contributed by atoms with E-state index in [1.165, 1.54) is 0 Å². The molecule has 7 heteroatoms. The van der Waals surface area contributed by atoms with Crippen molar-refractivity contribution >= 4 is 17.9 Å². The van der Waals surface area contributed by atoms with Gasteiger partial charge in [-0.15, -0.1) is 0 Å². The Balaban J connectivity index is 1.75. The van der Waals surface area contributed by atoms with Gasteiger partial charge in [-0.3, -0.25) is 9.59 Å². The van der Waals surface area contributed by atoms with Gasteiger partial charge >= 0.3 is 12.0 Å². The molecule has 0 aromatic heterocycles. The fraction of sp³-hybridized carbons (Fsp3) is 0.769. The minimum Gasteiger partial charge on any atom is -0.481 e. The summed E-state index contributed by atoms with van der Waals surface area (Å²) in [6, 6.07) is -0.682. The second-order valence-electron chi connectivity index (χ2n) is 5.49. The Kier molecular flexibility index (Phi) is 4.81. The molecule has 3 amide bonds. The molecule has 0 aromatic rings. The van der Waals surface area contributed by atoms with Gasteiger partial charge in [-0.1, -0.05) is 12.8 Å². The van der Waals surface area contributed by atoms with Crippen LogP contribution in [0.25, 0.3) is 0 Å². The highest BCUT2D eigenvalue weighted by atomic mass is 16.4. The third-order valence-corrected chi connectivity index (χ3v) is 3.99. The van der Waals surface area contributed by atoms with E-state index in [1.54, 1.807) is 0 Å². The molecule has 0 bridgehead atoms. The lowest BCUT2D eigenvalue weighted by Gasteiger charge is -2.29. The number of amides is 3. The molecule has 3 atom stereocenters. The average molecular weight is 283 g/mol. The first kappa shape index (κ1) is 14.6. The molecule has 112 valence electrons. The quantitative estimate of drug-likeness (QED) is 0.591. The van der Waals surface area contributed by atoms with E-state index in [-0.39, 0.29) is 24.0 Å². The molecule has 1 heterocycles. The predicted octanol–water partition coefficient (Wildman–Crippen LogP) is 0.208. The maximum Gasteiger partial charge on any atom is 0.315 e. The topological polar surface area (TPSA) is 108 Å². The van der Waals surface area contributed by atoms with Crippen molar-refractivity contribution in [3.63, 3.8) is 0 Å². The lowest BCUT2D eigenvalue weighted by molar-refractivity contribution is -0.143. The molecular weight excluding hydrogens is 262 g/mol. The van der Waals surface area contributed by atoms with Gasteiger partial charge in [-0.2, -0.15) is 0 Å². The molecule has 4 N–H and O–H groups in total. The summed E-state index contributed by atoms with van der Waals surface area (Å²) < 4.78 is 0. The molecule has 1 aliphatic carbocycles. The summed E-state index contributed by atoms with van der Waals surface area (Å²) in [7, 11) is 0. The van der Waals surface area contributed by atoms with Crippen molar-refractivity contribution < 1.29 is 19.5 Å². The number of urea groups is 1. The first-order valence-corrected chi connectivity index (χ1v) is 7.13. The number of carboxylic acids is 1. The summed E-state index contributed by atoms with van der Waals surface area (Å²) >= 11 is 0. The van der Waals surface area contributed by atoms with E-state index in [0.717, 1.165) is 19.3 Å². The van der Waals surface area contributed by atoms with E-state index < -0.39 is 11.9 Å². The number of rotatable bonds is 4. The summed E-state index contributed by atoms with van der Waals surface area (Å²) in [6.07, 6.45) is 4.36. The minimum absolute atomic E-state index is 0.00966. The molecule has 1 saturated carbocycles. The number of carbonyl (C=O) groups is 3. The summed E-state index contributed by atoms with van der Waals surface area (Å²) in [5.41, 5.74) is 0. The zero-order chi connectivity index (χ0) is 14.5. The van der Waals surface area contributed by atoms with E-state index in [0.29, 0.717) is 25.8 Å². The molecule has 7 nitrogen and oxygen atoms in total. The highest BCUT2D eigenvalue weighted by molar-refractivity contribution is 5.79. The van der Waals surface area contributed by atoms with E-state index >= 15 is 0 Å². The molecule has 0 aromatic carbocycles. The van der Waals surface area contributed by atoms with Crippen LogP contribution in [-0.2, 0) is 9.59 Å². The monoisotopic (exact) mass is 283 g/mol. The fourth-order valence-electron chi connectivity index (χ4n) is 2.86. The predicted molar refractivity (Wildman–Crippen MR) is 71.1 cm³/mol. The van der Waals surface area contributed by atoms with Crippen molar-refractivity contribution in [1.82, 2.24) is 16.0 Å². The Morgan fingerprint density at radius 3 is 2.65 bits per heavy atom. The Labute approximate surface area is 117 Å². The van der Waals surface area contributed by atoms with Crippen molar-refractivity contribution in [3.05, 3.63) is 0 Å². The Hall–Kier alpha value is -1.79. The van der Waals surface area contributed by atoms with Crippen LogP contribution in [-0.4, -0.2) is 41.6 Å². The van der Waals surface area contributed by atoms with E-state index in [1.807, 2.05) is 0 Å². The number of carbonyl (C=O) groups excluding carboxylic acids is 2. The van der Waals surface area contributed by atoms with Crippen molar-refractivity contribution in [3.8, 4) is 0 Å². The SMILES string of the molecule is O=C1CCC(CNC(=O)NC2CCCCC2C(=O)O)N1. The van der Waals surface area contributed by atoms with E-state index in [4.69, 9.17) is 5.11 Å². The number of nitrogens with one attached hydrogen (secondary N) is 3. The molecule has 0 spiro atoms. The van der Waals surface area contributed by atoms with Crippen LogP contribution >= 0.6 is 0 Å². The summed E-state index contributed by atoms with van der Waals surface area (Å²) in [5, 5.41) is 17.3. The molecule has 2 rings (SSSR count). The molecule has 1 aliphatic heterocycles. The fourth-order valence-corrected chi connectivity index (χ4v) is 2.86. The van der Waals surface area contributed by atoms with Gasteiger partial charge in [-0.25, -0.2) is 4.79 Å². The second-order valence-corrected chi connectivity index (χ2v) is 5.49. The number of carboxylic acid groups (broad SMARTS) is 1. The molecule has 1 saturated heterocycles. The van der Waals surface area contributed by atoms with Crippen LogP contribution in [0.5, 0.6) is 0 Å². The Bertz CT molecular complexity index is 399. The third kappa shape index (κ3) is 3.85. The van der Waals surface area contributed by atoms with Crippen molar-refractivity contribution in [2.75, 3.05) is 6.54 Å². The molecule has 2 fully saturated rings. The van der Waals surface area contributed by atoms with Gasteiger partial charge in [0.25, 0.3) is 0 Å². The number of hydrogen-bond acceptors (Lipinski definition) is 3. The average Bonchev–Trinajstić information content (AvgIpc) is 2.83. The van der Waals surface area contributed by atoms with Gasteiger partial charge in [0.1, 0.15) is 0 Å².